The van der Waals surface area contributed by atoms with Crippen LogP contribution in [0.15, 0.2) is 41.4 Å². The normalized spacial score (nSPS) is 20.6. The van der Waals surface area contributed by atoms with Gasteiger partial charge in [-0.2, -0.15) is 4.31 Å². The van der Waals surface area contributed by atoms with Crippen molar-refractivity contribution in [1.82, 2.24) is 9.29 Å². The number of aromatic nitrogens is 1. The van der Waals surface area contributed by atoms with Crippen molar-refractivity contribution in [3.05, 3.63) is 36.5 Å². The summed E-state index contributed by atoms with van der Waals surface area (Å²) in [4.78, 5) is 4.46. The molecular formula is C14H16N2O3S. The summed E-state index contributed by atoms with van der Waals surface area (Å²) in [6, 6.07) is 8.28. The van der Waals surface area contributed by atoms with E-state index < -0.39 is 10.0 Å². The molecule has 0 radical (unpaired) electrons. The Morgan fingerprint density at radius 3 is 2.95 bits per heavy atom. The van der Waals surface area contributed by atoms with Crippen LogP contribution < -0.4 is 0 Å². The van der Waals surface area contributed by atoms with Gasteiger partial charge in [0, 0.05) is 24.2 Å². The third-order valence-corrected chi connectivity index (χ3v) is 5.74. The topological polar surface area (TPSA) is 70.5 Å². The number of sulfonamides is 1. The molecule has 0 spiro atoms. The van der Waals surface area contributed by atoms with Crippen molar-refractivity contribution in [3.63, 3.8) is 0 Å². The maximum absolute atomic E-state index is 12.8. The van der Waals surface area contributed by atoms with Crippen LogP contribution in [-0.2, 0) is 10.0 Å². The molecule has 3 rings (SSSR count). The van der Waals surface area contributed by atoms with Gasteiger partial charge in [0.2, 0.25) is 10.0 Å². The van der Waals surface area contributed by atoms with E-state index in [0.717, 1.165) is 6.42 Å². The van der Waals surface area contributed by atoms with E-state index in [1.165, 1.54) is 4.31 Å². The summed E-state index contributed by atoms with van der Waals surface area (Å²) in [7, 11) is -3.59. The fourth-order valence-electron chi connectivity index (χ4n) is 2.73. The Labute approximate surface area is 117 Å². The fraction of sp³-hybridized carbons (Fsp3) is 0.357. The summed E-state index contributed by atoms with van der Waals surface area (Å²) in [5, 5.41) is 9.97. The Balaban J connectivity index is 2.14. The third-order valence-electron chi connectivity index (χ3n) is 3.73. The second-order valence-corrected chi connectivity index (χ2v) is 6.78. The second-order valence-electron chi connectivity index (χ2n) is 4.92. The molecule has 5 nitrogen and oxygen atoms in total. The second kappa shape index (κ2) is 5.12. The van der Waals surface area contributed by atoms with Gasteiger partial charge in [0.25, 0.3) is 0 Å². The van der Waals surface area contributed by atoms with Gasteiger partial charge in [-0.25, -0.2) is 8.42 Å². The molecule has 0 aliphatic carbocycles. The summed E-state index contributed by atoms with van der Waals surface area (Å²) in [5.74, 6) is 0. The first kappa shape index (κ1) is 13.5. The molecule has 1 N–H and O–H groups in total. The number of rotatable bonds is 3. The van der Waals surface area contributed by atoms with Crippen LogP contribution in [0.2, 0.25) is 0 Å². The van der Waals surface area contributed by atoms with Gasteiger partial charge in [0.15, 0.2) is 0 Å². The first-order valence-electron chi connectivity index (χ1n) is 6.61. The highest BCUT2D eigenvalue weighted by Gasteiger charge is 2.35. The minimum atomic E-state index is -3.59. The van der Waals surface area contributed by atoms with Crippen molar-refractivity contribution in [1.29, 1.82) is 0 Å². The van der Waals surface area contributed by atoms with E-state index in [1.807, 2.05) is 0 Å². The van der Waals surface area contributed by atoms with Crippen LogP contribution in [0.5, 0.6) is 0 Å². The first-order chi connectivity index (χ1) is 9.64. The standard InChI is InChI=1S/C14H16N2O3S/c17-10-11-4-3-9-16(11)20(18,19)14-7-1-6-13-12(14)5-2-8-15-13/h1-2,5-8,11,17H,3-4,9-10H2/t11-/m0/s1. The van der Waals surface area contributed by atoms with Gasteiger partial charge in [-0.1, -0.05) is 6.07 Å². The molecule has 1 aromatic heterocycles. The maximum atomic E-state index is 12.8. The number of pyridine rings is 1. The van der Waals surface area contributed by atoms with E-state index in [9.17, 15) is 13.5 Å². The van der Waals surface area contributed by atoms with Gasteiger partial charge < -0.3 is 5.11 Å². The molecule has 0 saturated carbocycles. The van der Waals surface area contributed by atoms with Crippen LogP contribution in [0.25, 0.3) is 10.9 Å². The van der Waals surface area contributed by atoms with Crippen LogP contribution in [0.3, 0.4) is 0 Å². The largest absolute Gasteiger partial charge is 0.395 e. The Kier molecular flexibility index (Phi) is 3.45. The molecule has 1 aliphatic rings. The van der Waals surface area contributed by atoms with E-state index in [1.54, 1.807) is 36.5 Å². The molecule has 2 aromatic rings. The lowest BCUT2D eigenvalue weighted by Crippen LogP contribution is -2.37. The van der Waals surface area contributed by atoms with E-state index in [2.05, 4.69) is 4.98 Å². The van der Waals surface area contributed by atoms with Crippen LogP contribution >= 0.6 is 0 Å². The summed E-state index contributed by atoms with van der Waals surface area (Å²) >= 11 is 0. The van der Waals surface area contributed by atoms with Gasteiger partial charge in [0.05, 0.1) is 17.0 Å². The zero-order valence-corrected chi connectivity index (χ0v) is 11.8. The van der Waals surface area contributed by atoms with E-state index in [-0.39, 0.29) is 17.5 Å². The Morgan fingerprint density at radius 2 is 2.15 bits per heavy atom. The fourth-order valence-corrected chi connectivity index (χ4v) is 4.62. The Hall–Kier alpha value is -1.50. The molecule has 106 valence electrons. The lowest BCUT2D eigenvalue weighted by atomic mass is 10.2. The molecule has 0 unspecified atom stereocenters. The van der Waals surface area contributed by atoms with Crippen molar-refractivity contribution in [3.8, 4) is 0 Å². The minimum absolute atomic E-state index is 0.137. The smallest absolute Gasteiger partial charge is 0.244 e. The molecule has 1 atom stereocenters. The molecular weight excluding hydrogens is 276 g/mol. The van der Waals surface area contributed by atoms with Gasteiger partial charge in [-0.3, -0.25) is 4.98 Å². The number of hydrogen-bond donors (Lipinski definition) is 1. The molecule has 1 aromatic carbocycles. The molecule has 1 saturated heterocycles. The zero-order chi connectivity index (χ0) is 14.2. The number of hydrogen-bond acceptors (Lipinski definition) is 4. The summed E-state index contributed by atoms with van der Waals surface area (Å²) in [5.41, 5.74) is 0.660. The van der Waals surface area contributed by atoms with E-state index in [4.69, 9.17) is 0 Å². The minimum Gasteiger partial charge on any atom is -0.395 e. The third kappa shape index (κ3) is 2.09. The average molecular weight is 292 g/mol. The molecule has 0 amide bonds. The lowest BCUT2D eigenvalue weighted by molar-refractivity contribution is 0.213. The van der Waals surface area contributed by atoms with Crippen LogP contribution in [-0.4, -0.2) is 42.0 Å². The predicted octanol–water partition coefficient (Wildman–Crippen LogP) is 1.38. The number of aliphatic hydroxyl groups excluding tert-OH is 1. The van der Waals surface area contributed by atoms with Gasteiger partial charge in [0.1, 0.15) is 0 Å². The number of fused-ring (bicyclic) bond motifs is 1. The SMILES string of the molecule is O=S(=O)(c1cccc2ncccc12)N1CCC[C@H]1CO. The molecule has 0 bridgehead atoms. The lowest BCUT2D eigenvalue weighted by Gasteiger charge is -2.23. The molecule has 2 heterocycles. The van der Waals surface area contributed by atoms with Crippen LogP contribution in [0.1, 0.15) is 12.8 Å². The quantitative estimate of drug-likeness (QED) is 0.928. The van der Waals surface area contributed by atoms with E-state index in [0.29, 0.717) is 23.9 Å². The van der Waals surface area contributed by atoms with Crippen molar-refractivity contribution >= 4 is 20.9 Å². The van der Waals surface area contributed by atoms with Gasteiger partial charge >= 0.3 is 0 Å². The summed E-state index contributed by atoms with van der Waals surface area (Å²) in [6.07, 6.45) is 3.14. The average Bonchev–Trinajstić information content (AvgIpc) is 2.96. The van der Waals surface area contributed by atoms with Gasteiger partial charge in [-0.15, -0.1) is 0 Å². The highest BCUT2D eigenvalue weighted by molar-refractivity contribution is 7.89. The Bertz CT molecular complexity index is 725. The van der Waals surface area contributed by atoms with Crippen molar-refractivity contribution < 1.29 is 13.5 Å². The van der Waals surface area contributed by atoms with Crippen LogP contribution in [0, 0.1) is 0 Å². The predicted molar refractivity (Wildman–Crippen MR) is 75.7 cm³/mol. The van der Waals surface area contributed by atoms with Gasteiger partial charge in [-0.05, 0) is 37.1 Å². The van der Waals surface area contributed by atoms with Crippen molar-refractivity contribution in [2.75, 3.05) is 13.2 Å². The number of benzene rings is 1. The van der Waals surface area contributed by atoms with Crippen molar-refractivity contribution in [2.45, 2.75) is 23.8 Å². The zero-order valence-electron chi connectivity index (χ0n) is 10.9. The molecule has 6 heteroatoms. The maximum Gasteiger partial charge on any atom is 0.244 e. The summed E-state index contributed by atoms with van der Waals surface area (Å²) in [6.45, 7) is 0.326. The molecule has 20 heavy (non-hydrogen) atoms. The number of nitrogens with zero attached hydrogens (tertiary/aromatic N) is 2. The van der Waals surface area contributed by atoms with E-state index >= 15 is 0 Å². The Morgan fingerprint density at radius 1 is 1.30 bits per heavy atom. The number of aliphatic hydroxyl groups is 1. The monoisotopic (exact) mass is 292 g/mol. The highest BCUT2D eigenvalue weighted by atomic mass is 32.2. The first-order valence-corrected chi connectivity index (χ1v) is 8.05. The molecule has 1 aliphatic heterocycles. The highest BCUT2D eigenvalue weighted by Crippen LogP contribution is 2.29. The van der Waals surface area contributed by atoms with Crippen molar-refractivity contribution in [2.24, 2.45) is 0 Å². The van der Waals surface area contributed by atoms with Crippen LogP contribution in [0.4, 0.5) is 0 Å². The molecule has 1 fully saturated rings. The summed E-state index contributed by atoms with van der Waals surface area (Å²) < 4.78 is 27.0.